The number of morpholine rings is 1. The highest BCUT2D eigenvalue weighted by molar-refractivity contribution is 7.88. The Bertz CT molecular complexity index is 612. The van der Waals surface area contributed by atoms with Crippen molar-refractivity contribution in [3.63, 3.8) is 0 Å². The highest BCUT2D eigenvalue weighted by Crippen LogP contribution is 2.19. The third-order valence-electron chi connectivity index (χ3n) is 3.26. The lowest BCUT2D eigenvalue weighted by Crippen LogP contribution is -2.48. The monoisotopic (exact) mass is 294 g/mol. The predicted octanol–water partition coefficient (Wildman–Crippen LogP) is 1.50. The molecule has 1 aliphatic rings. The SMILES string of the molecule is CC1CN(S(=O)(=O)Cc2ccccc2C#N)CC(C)O1. The van der Waals surface area contributed by atoms with Crippen LogP contribution in [0.25, 0.3) is 0 Å². The van der Waals surface area contributed by atoms with Crippen LogP contribution in [0.5, 0.6) is 0 Å². The molecule has 6 heteroatoms. The van der Waals surface area contributed by atoms with E-state index in [0.29, 0.717) is 24.2 Å². The molecule has 2 rings (SSSR count). The number of hydrogen-bond acceptors (Lipinski definition) is 4. The largest absolute Gasteiger partial charge is 0.373 e. The van der Waals surface area contributed by atoms with E-state index in [1.807, 2.05) is 19.9 Å². The number of sulfonamides is 1. The van der Waals surface area contributed by atoms with Crippen molar-refractivity contribution in [1.29, 1.82) is 5.26 Å². The quantitative estimate of drug-likeness (QED) is 0.847. The molecule has 0 radical (unpaired) electrons. The molecule has 2 unspecified atom stereocenters. The topological polar surface area (TPSA) is 70.4 Å². The minimum absolute atomic E-state index is 0.111. The summed E-state index contributed by atoms with van der Waals surface area (Å²) in [6.45, 7) is 4.45. The third kappa shape index (κ3) is 3.37. The van der Waals surface area contributed by atoms with Gasteiger partial charge in [0.1, 0.15) is 0 Å². The number of nitriles is 1. The number of hydrogen-bond donors (Lipinski definition) is 0. The number of ether oxygens (including phenoxy) is 1. The summed E-state index contributed by atoms with van der Waals surface area (Å²) in [5.74, 6) is -0.143. The maximum atomic E-state index is 12.5. The molecule has 0 bridgehead atoms. The first-order chi connectivity index (χ1) is 9.42. The lowest BCUT2D eigenvalue weighted by molar-refractivity contribution is -0.0441. The van der Waals surface area contributed by atoms with Gasteiger partial charge >= 0.3 is 0 Å². The van der Waals surface area contributed by atoms with Gasteiger partial charge in [-0.05, 0) is 25.5 Å². The van der Waals surface area contributed by atoms with Crippen LogP contribution in [-0.2, 0) is 20.5 Å². The summed E-state index contributed by atoms with van der Waals surface area (Å²) in [7, 11) is -3.43. The Balaban J connectivity index is 2.21. The lowest BCUT2D eigenvalue weighted by Gasteiger charge is -2.34. The maximum Gasteiger partial charge on any atom is 0.218 e. The molecular weight excluding hydrogens is 276 g/mol. The van der Waals surface area contributed by atoms with Gasteiger partial charge in [0.25, 0.3) is 0 Å². The maximum absolute atomic E-state index is 12.5. The number of nitrogens with zero attached hydrogens (tertiary/aromatic N) is 2. The van der Waals surface area contributed by atoms with E-state index in [0.717, 1.165) is 0 Å². The average Bonchev–Trinajstić information content (AvgIpc) is 2.38. The fourth-order valence-electron chi connectivity index (χ4n) is 2.40. The second kappa shape index (κ2) is 5.92. The predicted molar refractivity (Wildman–Crippen MR) is 75.4 cm³/mol. The summed E-state index contributed by atoms with van der Waals surface area (Å²) >= 11 is 0. The van der Waals surface area contributed by atoms with Crippen LogP contribution in [0.15, 0.2) is 24.3 Å². The van der Waals surface area contributed by atoms with Gasteiger partial charge in [-0.2, -0.15) is 9.57 Å². The molecule has 1 aromatic carbocycles. The Morgan fingerprint density at radius 3 is 2.50 bits per heavy atom. The van der Waals surface area contributed by atoms with Crippen LogP contribution in [0.2, 0.25) is 0 Å². The first-order valence-corrected chi connectivity index (χ1v) is 8.14. The van der Waals surface area contributed by atoms with Crippen molar-refractivity contribution in [2.75, 3.05) is 13.1 Å². The van der Waals surface area contributed by atoms with Crippen LogP contribution in [0.3, 0.4) is 0 Å². The molecule has 0 spiro atoms. The Morgan fingerprint density at radius 2 is 1.90 bits per heavy atom. The van der Waals surface area contributed by atoms with Crippen LogP contribution >= 0.6 is 0 Å². The van der Waals surface area contributed by atoms with Crippen molar-refractivity contribution in [3.8, 4) is 6.07 Å². The highest BCUT2D eigenvalue weighted by Gasteiger charge is 2.31. The Morgan fingerprint density at radius 1 is 1.30 bits per heavy atom. The van der Waals surface area contributed by atoms with Gasteiger partial charge in [-0.15, -0.1) is 0 Å². The molecule has 0 aliphatic carbocycles. The van der Waals surface area contributed by atoms with E-state index in [4.69, 9.17) is 10.00 Å². The molecule has 0 N–H and O–H groups in total. The Hall–Kier alpha value is -1.42. The zero-order valence-corrected chi connectivity index (χ0v) is 12.4. The van der Waals surface area contributed by atoms with Crippen LogP contribution in [0.1, 0.15) is 25.0 Å². The zero-order valence-electron chi connectivity index (χ0n) is 11.6. The highest BCUT2D eigenvalue weighted by atomic mass is 32.2. The molecule has 0 saturated carbocycles. The van der Waals surface area contributed by atoms with Crippen LogP contribution in [-0.4, -0.2) is 38.0 Å². The van der Waals surface area contributed by atoms with E-state index >= 15 is 0 Å². The first kappa shape index (κ1) is 15.0. The molecule has 20 heavy (non-hydrogen) atoms. The second-order valence-electron chi connectivity index (χ2n) is 5.10. The molecule has 1 heterocycles. The van der Waals surface area contributed by atoms with Crippen molar-refractivity contribution >= 4 is 10.0 Å². The molecule has 0 amide bonds. The molecule has 2 atom stereocenters. The minimum Gasteiger partial charge on any atom is -0.373 e. The van der Waals surface area contributed by atoms with Gasteiger partial charge in [0.05, 0.1) is 29.6 Å². The Kier molecular flexibility index (Phi) is 4.43. The van der Waals surface area contributed by atoms with Gasteiger partial charge in [0.15, 0.2) is 0 Å². The molecule has 1 saturated heterocycles. The fourth-order valence-corrected chi connectivity index (χ4v) is 4.10. The van der Waals surface area contributed by atoms with Gasteiger partial charge < -0.3 is 4.74 Å². The van der Waals surface area contributed by atoms with E-state index in [-0.39, 0.29) is 18.0 Å². The lowest BCUT2D eigenvalue weighted by atomic mass is 10.1. The zero-order chi connectivity index (χ0) is 14.8. The van der Waals surface area contributed by atoms with E-state index in [1.165, 1.54) is 4.31 Å². The molecule has 1 fully saturated rings. The van der Waals surface area contributed by atoms with Crippen LogP contribution < -0.4 is 0 Å². The fraction of sp³-hybridized carbons (Fsp3) is 0.500. The molecule has 0 aromatic heterocycles. The van der Waals surface area contributed by atoms with Crippen molar-refractivity contribution in [1.82, 2.24) is 4.31 Å². The standard InChI is InChI=1S/C14H18N2O3S/c1-11-8-16(9-12(2)19-11)20(17,18)10-14-6-4-3-5-13(14)7-15/h3-6,11-12H,8-10H2,1-2H3. The summed E-state index contributed by atoms with van der Waals surface area (Å²) in [6, 6.07) is 8.83. The van der Waals surface area contributed by atoms with Crippen molar-refractivity contribution < 1.29 is 13.2 Å². The summed E-state index contributed by atoms with van der Waals surface area (Å²) in [4.78, 5) is 0. The van der Waals surface area contributed by atoms with Crippen LogP contribution in [0.4, 0.5) is 0 Å². The first-order valence-electron chi connectivity index (χ1n) is 6.53. The summed E-state index contributed by atoms with van der Waals surface area (Å²) < 4.78 is 32.0. The van der Waals surface area contributed by atoms with Gasteiger partial charge in [-0.3, -0.25) is 0 Å². The normalized spacial score (nSPS) is 24.2. The van der Waals surface area contributed by atoms with Gasteiger partial charge in [0, 0.05) is 13.1 Å². The van der Waals surface area contributed by atoms with E-state index in [2.05, 4.69) is 0 Å². The molecule has 1 aliphatic heterocycles. The Labute approximate surface area is 119 Å². The second-order valence-corrected chi connectivity index (χ2v) is 7.07. The number of rotatable bonds is 3. The van der Waals surface area contributed by atoms with Gasteiger partial charge in [-0.25, -0.2) is 8.42 Å². The molecule has 108 valence electrons. The summed E-state index contributed by atoms with van der Waals surface area (Å²) in [6.07, 6.45) is -0.223. The van der Waals surface area contributed by atoms with E-state index in [1.54, 1.807) is 24.3 Å². The molecule has 1 aromatic rings. The average molecular weight is 294 g/mol. The summed E-state index contributed by atoms with van der Waals surface area (Å²) in [5.41, 5.74) is 0.951. The van der Waals surface area contributed by atoms with Gasteiger partial charge in [0.2, 0.25) is 10.0 Å². The van der Waals surface area contributed by atoms with Crippen molar-refractivity contribution in [2.45, 2.75) is 31.8 Å². The molecule has 5 nitrogen and oxygen atoms in total. The van der Waals surface area contributed by atoms with Crippen LogP contribution in [0, 0.1) is 11.3 Å². The van der Waals surface area contributed by atoms with E-state index in [9.17, 15) is 8.42 Å². The van der Waals surface area contributed by atoms with E-state index < -0.39 is 10.0 Å². The van der Waals surface area contributed by atoms with Gasteiger partial charge in [-0.1, -0.05) is 18.2 Å². The summed E-state index contributed by atoms with van der Waals surface area (Å²) in [5, 5.41) is 9.03. The van der Waals surface area contributed by atoms with Crippen molar-refractivity contribution in [3.05, 3.63) is 35.4 Å². The third-order valence-corrected chi connectivity index (χ3v) is 5.02. The minimum atomic E-state index is -3.43. The van der Waals surface area contributed by atoms with Crippen molar-refractivity contribution in [2.24, 2.45) is 0 Å². The molecular formula is C14H18N2O3S. The smallest absolute Gasteiger partial charge is 0.218 e. The number of benzene rings is 1.